The Kier molecular flexibility index (Phi) is 3.84. The van der Waals surface area contributed by atoms with Gasteiger partial charge < -0.3 is 5.32 Å². The van der Waals surface area contributed by atoms with Crippen LogP contribution >= 0.6 is 11.3 Å². The number of nitrogens with zero attached hydrogens (tertiary/aromatic N) is 3. The van der Waals surface area contributed by atoms with E-state index in [1.165, 1.54) is 16.2 Å². The Labute approximate surface area is 116 Å². The van der Waals surface area contributed by atoms with Gasteiger partial charge in [-0.25, -0.2) is 0 Å². The van der Waals surface area contributed by atoms with Crippen molar-refractivity contribution in [2.75, 3.05) is 11.9 Å². The summed E-state index contributed by atoms with van der Waals surface area (Å²) in [6, 6.07) is 0. The van der Waals surface area contributed by atoms with Crippen LogP contribution in [-0.4, -0.2) is 33.5 Å². The quantitative estimate of drug-likeness (QED) is 0.831. The van der Waals surface area contributed by atoms with Crippen LogP contribution in [0.15, 0.2) is 0 Å². The lowest BCUT2D eigenvalue weighted by Gasteiger charge is -2.16. The first-order valence-electron chi connectivity index (χ1n) is 6.35. The second-order valence-corrected chi connectivity index (χ2v) is 6.34. The van der Waals surface area contributed by atoms with Gasteiger partial charge in [-0.3, -0.25) is 14.5 Å². The lowest BCUT2D eigenvalue weighted by molar-refractivity contribution is -0.141. The smallest absolute Gasteiger partial charge is 0.235 e. The van der Waals surface area contributed by atoms with Gasteiger partial charge in [0.1, 0.15) is 5.01 Å². The predicted octanol–water partition coefficient (Wildman–Crippen LogP) is 1.65. The van der Waals surface area contributed by atoms with E-state index in [-0.39, 0.29) is 24.8 Å². The molecule has 1 aliphatic rings. The summed E-state index contributed by atoms with van der Waals surface area (Å²) in [5.74, 6) is -0.260. The van der Waals surface area contributed by atoms with Crippen molar-refractivity contribution < 1.29 is 9.59 Å². The Morgan fingerprint density at radius 2 is 2.11 bits per heavy atom. The molecule has 2 heterocycles. The molecule has 0 aliphatic carbocycles. The van der Waals surface area contributed by atoms with Crippen LogP contribution in [0.2, 0.25) is 0 Å². The number of likely N-dealkylation sites (tertiary alicyclic amines) is 1. The van der Waals surface area contributed by atoms with E-state index in [2.05, 4.69) is 22.4 Å². The number of hydrogen-bond donors (Lipinski definition) is 1. The molecule has 7 heteroatoms. The van der Waals surface area contributed by atoms with Gasteiger partial charge in [-0.1, -0.05) is 32.1 Å². The summed E-state index contributed by atoms with van der Waals surface area (Å²) >= 11 is 1.38. The fourth-order valence-electron chi connectivity index (χ4n) is 1.94. The topological polar surface area (TPSA) is 75.2 Å². The molecule has 104 valence electrons. The second-order valence-electron chi connectivity index (χ2n) is 5.27. The summed E-state index contributed by atoms with van der Waals surface area (Å²) in [4.78, 5) is 25.2. The molecule has 1 aromatic heterocycles. The lowest BCUT2D eigenvalue weighted by Crippen LogP contribution is -2.32. The van der Waals surface area contributed by atoms with Crippen molar-refractivity contribution in [1.82, 2.24) is 15.1 Å². The first-order valence-corrected chi connectivity index (χ1v) is 7.16. The van der Waals surface area contributed by atoms with Gasteiger partial charge in [0.2, 0.25) is 16.9 Å². The molecule has 1 saturated heterocycles. The van der Waals surface area contributed by atoms with E-state index in [9.17, 15) is 9.59 Å². The standard InChI is InChI=1S/C12H18N4O2S/c1-4-5-13-11-15-14-8(19-11)7-16-9(17)6-12(2,3)10(16)18/h4-7H2,1-3H3,(H,13,15). The summed E-state index contributed by atoms with van der Waals surface area (Å²) in [5, 5.41) is 12.5. The molecule has 0 unspecified atom stereocenters. The Morgan fingerprint density at radius 3 is 2.68 bits per heavy atom. The summed E-state index contributed by atoms with van der Waals surface area (Å²) < 4.78 is 0. The molecule has 19 heavy (non-hydrogen) atoms. The zero-order valence-electron chi connectivity index (χ0n) is 11.4. The van der Waals surface area contributed by atoms with Crippen molar-refractivity contribution in [2.24, 2.45) is 5.41 Å². The van der Waals surface area contributed by atoms with E-state index >= 15 is 0 Å². The minimum atomic E-state index is -0.592. The summed E-state index contributed by atoms with van der Waals surface area (Å²) in [7, 11) is 0. The third kappa shape index (κ3) is 2.91. The molecule has 0 bridgehead atoms. The van der Waals surface area contributed by atoms with Crippen LogP contribution in [0, 0.1) is 5.41 Å². The Morgan fingerprint density at radius 1 is 1.37 bits per heavy atom. The molecule has 1 N–H and O–H groups in total. The van der Waals surface area contributed by atoms with Crippen molar-refractivity contribution in [2.45, 2.75) is 40.2 Å². The molecule has 0 radical (unpaired) electrons. The maximum Gasteiger partial charge on any atom is 0.235 e. The monoisotopic (exact) mass is 282 g/mol. The first kappa shape index (κ1) is 13.9. The van der Waals surface area contributed by atoms with Crippen molar-refractivity contribution in [3.05, 3.63) is 5.01 Å². The lowest BCUT2D eigenvalue weighted by atomic mass is 9.92. The molecular weight excluding hydrogens is 264 g/mol. The fraction of sp³-hybridized carbons (Fsp3) is 0.667. The van der Waals surface area contributed by atoms with Gasteiger partial charge in [0.05, 0.1) is 12.0 Å². The van der Waals surface area contributed by atoms with Crippen molar-refractivity contribution in [1.29, 1.82) is 0 Å². The summed E-state index contributed by atoms with van der Waals surface area (Å²) in [6.45, 7) is 6.72. The number of aromatic nitrogens is 2. The highest BCUT2D eigenvalue weighted by Gasteiger charge is 2.44. The Balaban J connectivity index is 2.03. The number of nitrogens with one attached hydrogen (secondary N) is 1. The van der Waals surface area contributed by atoms with Gasteiger partial charge >= 0.3 is 0 Å². The van der Waals surface area contributed by atoms with Gasteiger partial charge in [-0.05, 0) is 6.42 Å². The largest absolute Gasteiger partial charge is 0.360 e. The normalized spacial score (nSPS) is 18.2. The molecule has 1 fully saturated rings. The minimum absolute atomic E-state index is 0.129. The van der Waals surface area contributed by atoms with E-state index < -0.39 is 5.41 Å². The highest BCUT2D eigenvalue weighted by molar-refractivity contribution is 7.15. The molecule has 2 rings (SSSR count). The molecule has 0 atom stereocenters. The van der Waals surface area contributed by atoms with Gasteiger partial charge in [0.15, 0.2) is 0 Å². The van der Waals surface area contributed by atoms with Crippen molar-refractivity contribution in [3.8, 4) is 0 Å². The van der Waals surface area contributed by atoms with Crippen molar-refractivity contribution in [3.63, 3.8) is 0 Å². The van der Waals surface area contributed by atoms with Gasteiger partial charge in [-0.2, -0.15) is 0 Å². The van der Waals surface area contributed by atoms with Gasteiger partial charge in [0, 0.05) is 13.0 Å². The Hall–Kier alpha value is -1.50. The fourth-order valence-corrected chi connectivity index (χ4v) is 2.70. The second kappa shape index (κ2) is 5.24. The van der Waals surface area contributed by atoms with E-state index in [1.54, 1.807) is 13.8 Å². The summed E-state index contributed by atoms with van der Waals surface area (Å²) in [6.07, 6.45) is 1.28. The number of amides is 2. The van der Waals surface area contributed by atoms with Gasteiger partial charge in [0.25, 0.3) is 0 Å². The molecule has 0 saturated carbocycles. The third-order valence-electron chi connectivity index (χ3n) is 3.00. The number of carbonyl (C=O) groups excluding carboxylic acids is 2. The number of carbonyl (C=O) groups is 2. The highest BCUT2D eigenvalue weighted by Crippen LogP contribution is 2.33. The van der Waals surface area contributed by atoms with E-state index in [0.29, 0.717) is 5.01 Å². The molecular formula is C12H18N4O2S. The SMILES string of the molecule is CCCNc1nnc(CN2C(=O)CC(C)(C)C2=O)s1. The minimum Gasteiger partial charge on any atom is -0.360 e. The van der Waals surface area contributed by atoms with Crippen LogP contribution < -0.4 is 5.32 Å². The third-order valence-corrected chi connectivity index (χ3v) is 3.87. The molecule has 1 aromatic rings. The summed E-state index contributed by atoms with van der Waals surface area (Å²) in [5.41, 5.74) is -0.592. The zero-order valence-corrected chi connectivity index (χ0v) is 12.2. The van der Waals surface area contributed by atoms with E-state index in [1.807, 2.05) is 0 Å². The molecule has 0 spiro atoms. The molecule has 6 nitrogen and oxygen atoms in total. The van der Waals surface area contributed by atoms with Crippen LogP contribution in [0.1, 0.15) is 38.6 Å². The van der Waals surface area contributed by atoms with E-state index in [4.69, 9.17) is 0 Å². The van der Waals surface area contributed by atoms with Crippen LogP contribution in [0.25, 0.3) is 0 Å². The average Bonchev–Trinajstić information content (AvgIpc) is 2.86. The zero-order chi connectivity index (χ0) is 14.0. The van der Waals surface area contributed by atoms with Crippen molar-refractivity contribution >= 4 is 28.3 Å². The van der Waals surface area contributed by atoms with Crippen LogP contribution in [0.4, 0.5) is 5.13 Å². The number of rotatable bonds is 5. The maximum atomic E-state index is 12.1. The number of hydrogen-bond acceptors (Lipinski definition) is 6. The maximum absolute atomic E-state index is 12.1. The molecule has 1 aliphatic heterocycles. The van der Waals surface area contributed by atoms with Crippen LogP contribution in [0.3, 0.4) is 0 Å². The highest BCUT2D eigenvalue weighted by atomic mass is 32.1. The van der Waals surface area contributed by atoms with E-state index in [0.717, 1.165) is 18.1 Å². The number of anilines is 1. The molecule has 2 amide bonds. The number of imide groups is 1. The van der Waals surface area contributed by atoms with Crippen LogP contribution in [0.5, 0.6) is 0 Å². The Bertz CT molecular complexity index is 498. The first-order chi connectivity index (χ1) is 8.94. The predicted molar refractivity (Wildman–Crippen MR) is 72.6 cm³/mol. The van der Waals surface area contributed by atoms with Crippen LogP contribution in [-0.2, 0) is 16.1 Å². The molecule has 0 aromatic carbocycles. The van der Waals surface area contributed by atoms with Gasteiger partial charge in [-0.15, -0.1) is 10.2 Å². The average molecular weight is 282 g/mol.